The van der Waals surface area contributed by atoms with Crippen molar-refractivity contribution in [1.82, 2.24) is 9.55 Å². The molecule has 0 aliphatic carbocycles. The van der Waals surface area contributed by atoms with Crippen LogP contribution in [0.15, 0.2) is 29.1 Å². The van der Waals surface area contributed by atoms with Gasteiger partial charge in [0.2, 0.25) is 0 Å². The van der Waals surface area contributed by atoms with Crippen molar-refractivity contribution < 1.29 is 0 Å². The molecule has 0 bridgehead atoms. The van der Waals surface area contributed by atoms with Crippen LogP contribution < -0.4 is 11.3 Å². The van der Waals surface area contributed by atoms with E-state index >= 15 is 0 Å². The van der Waals surface area contributed by atoms with E-state index < -0.39 is 0 Å². The van der Waals surface area contributed by atoms with Gasteiger partial charge in [-0.25, -0.2) is 4.98 Å². The molecule has 1 aromatic carbocycles. The highest BCUT2D eigenvalue weighted by molar-refractivity contribution is 5.77. The third-order valence-corrected chi connectivity index (χ3v) is 5.78. The molecule has 0 saturated heterocycles. The van der Waals surface area contributed by atoms with Crippen molar-refractivity contribution in [3.63, 3.8) is 0 Å². The van der Waals surface area contributed by atoms with Crippen molar-refractivity contribution >= 4 is 10.9 Å². The highest BCUT2D eigenvalue weighted by Crippen LogP contribution is 2.13. The summed E-state index contributed by atoms with van der Waals surface area (Å²) in [4.78, 5) is 17.7. The van der Waals surface area contributed by atoms with Gasteiger partial charge in [0.05, 0.1) is 10.9 Å². The molecule has 2 N–H and O–H groups in total. The maximum Gasteiger partial charge on any atom is 0.261 e. The van der Waals surface area contributed by atoms with Gasteiger partial charge in [-0.05, 0) is 31.5 Å². The maximum absolute atomic E-state index is 12.9. The fourth-order valence-electron chi connectivity index (χ4n) is 4.01. The molecular weight excluding hydrogens is 358 g/mol. The summed E-state index contributed by atoms with van der Waals surface area (Å²) in [6.45, 7) is 3.67. The predicted octanol–water partition coefficient (Wildman–Crippen LogP) is 5.99. The summed E-state index contributed by atoms with van der Waals surface area (Å²) in [7, 11) is 0. The largest absolute Gasteiger partial charge is 0.330 e. The number of fused-ring (bicyclic) bond motifs is 1. The number of nitrogens with two attached hydrogens (primary N) is 1. The predicted molar refractivity (Wildman–Crippen MR) is 124 cm³/mol. The molecule has 1 aromatic heterocycles. The van der Waals surface area contributed by atoms with Gasteiger partial charge >= 0.3 is 0 Å². The smallest absolute Gasteiger partial charge is 0.261 e. The lowest BCUT2D eigenvalue weighted by Crippen LogP contribution is -2.26. The molecule has 29 heavy (non-hydrogen) atoms. The van der Waals surface area contributed by atoms with Crippen molar-refractivity contribution in [3.05, 3.63) is 40.4 Å². The molecule has 0 unspecified atom stereocenters. The molecule has 0 radical (unpaired) electrons. The van der Waals surface area contributed by atoms with Gasteiger partial charge in [0.1, 0.15) is 5.82 Å². The molecule has 4 heteroatoms. The third-order valence-electron chi connectivity index (χ3n) is 5.78. The van der Waals surface area contributed by atoms with Gasteiger partial charge in [0.25, 0.3) is 5.56 Å². The zero-order chi connectivity index (χ0) is 20.7. The molecule has 2 rings (SSSR count). The Morgan fingerprint density at radius 2 is 1.41 bits per heavy atom. The Balaban J connectivity index is 1.73. The van der Waals surface area contributed by atoms with Crippen LogP contribution in [0.25, 0.3) is 10.9 Å². The normalized spacial score (nSPS) is 11.4. The van der Waals surface area contributed by atoms with Crippen LogP contribution in [0.5, 0.6) is 0 Å². The molecule has 0 saturated carbocycles. The number of unbranched alkanes of at least 4 members (excludes halogenated alkanes) is 11. The number of nitrogens with zero attached hydrogens (tertiary/aromatic N) is 2. The minimum atomic E-state index is 0.102. The Labute approximate surface area is 176 Å². The van der Waals surface area contributed by atoms with Gasteiger partial charge in [-0.1, -0.05) is 89.7 Å². The summed E-state index contributed by atoms with van der Waals surface area (Å²) in [6.07, 6.45) is 17.5. The first-order chi connectivity index (χ1) is 14.3. The second-order valence-corrected chi connectivity index (χ2v) is 8.28. The summed E-state index contributed by atoms with van der Waals surface area (Å²) in [5.74, 6) is 0.891. The number of rotatable bonds is 16. The van der Waals surface area contributed by atoms with Gasteiger partial charge in [0.15, 0.2) is 0 Å². The van der Waals surface area contributed by atoms with Crippen LogP contribution in [0.3, 0.4) is 0 Å². The summed E-state index contributed by atoms with van der Waals surface area (Å²) in [5, 5.41) is 0.725. The maximum atomic E-state index is 12.9. The summed E-state index contributed by atoms with van der Waals surface area (Å²) in [5.41, 5.74) is 6.59. The number of hydrogen-bond acceptors (Lipinski definition) is 3. The van der Waals surface area contributed by atoms with Gasteiger partial charge in [0, 0.05) is 13.0 Å². The molecule has 0 amide bonds. The molecule has 162 valence electrons. The van der Waals surface area contributed by atoms with Gasteiger partial charge in [-0.3, -0.25) is 9.36 Å². The van der Waals surface area contributed by atoms with Crippen LogP contribution in [0.1, 0.15) is 96.2 Å². The lowest BCUT2D eigenvalue weighted by Gasteiger charge is -2.13. The van der Waals surface area contributed by atoms with E-state index in [9.17, 15) is 4.79 Å². The van der Waals surface area contributed by atoms with Crippen LogP contribution in [-0.2, 0) is 13.0 Å². The molecule has 0 spiro atoms. The molecule has 0 fully saturated rings. The van der Waals surface area contributed by atoms with E-state index in [1.165, 1.54) is 70.6 Å². The summed E-state index contributed by atoms with van der Waals surface area (Å²) in [6, 6.07) is 7.67. The highest BCUT2D eigenvalue weighted by atomic mass is 16.1. The summed E-state index contributed by atoms with van der Waals surface area (Å²) >= 11 is 0. The molecular formula is C25H41N3O. The number of hydrogen-bond donors (Lipinski definition) is 1. The minimum Gasteiger partial charge on any atom is -0.330 e. The third kappa shape index (κ3) is 8.30. The number of aryl methyl sites for hydroxylation is 1. The Bertz CT molecular complexity index is 753. The second kappa shape index (κ2) is 14.3. The summed E-state index contributed by atoms with van der Waals surface area (Å²) < 4.78 is 1.90. The van der Waals surface area contributed by atoms with E-state index in [1.54, 1.807) is 0 Å². The van der Waals surface area contributed by atoms with Crippen LogP contribution >= 0.6 is 0 Å². The standard InChI is InChI=1S/C25H41N3O/c1-2-3-4-5-6-7-8-9-10-11-12-15-21-28-24(19-16-20-26)27-23-18-14-13-17-22(23)25(28)29/h13-14,17-18H,2-12,15-16,19-21,26H2,1H3. The molecule has 2 aromatic rings. The fraction of sp³-hybridized carbons (Fsp3) is 0.680. The van der Waals surface area contributed by atoms with E-state index in [0.29, 0.717) is 6.54 Å². The minimum absolute atomic E-state index is 0.102. The topological polar surface area (TPSA) is 60.9 Å². The SMILES string of the molecule is CCCCCCCCCCCCCCn1c(CCCN)nc2ccccc2c1=O. The molecule has 0 aliphatic rings. The lowest BCUT2D eigenvalue weighted by molar-refractivity contribution is 0.514. The Morgan fingerprint density at radius 1 is 0.828 bits per heavy atom. The van der Waals surface area contributed by atoms with Crippen LogP contribution in [0.2, 0.25) is 0 Å². The average molecular weight is 400 g/mol. The van der Waals surface area contributed by atoms with Gasteiger partial charge < -0.3 is 5.73 Å². The Hall–Kier alpha value is -1.68. The highest BCUT2D eigenvalue weighted by Gasteiger charge is 2.10. The van der Waals surface area contributed by atoms with Gasteiger partial charge in [-0.2, -0.15) is 0 Å². The van der Waals surface area contributed by atoms with Crippen LogP contribution in [0.4, 0.5) is 0 Å². The quantitative estimate of drug-likeness (QED) is 0.353. The van der Waals surface area contributed by atoms with Crippen molar-refractivity contribution in [2.75, 3.05) is 6.54 Å². The monoisotopic (exact) mass is 399 g/mol. The number of aromatic nitrogens is 2. The van der Waals surface area contributed by atoms with E-state index in [2.05, 4.69) is 6.92 Å². The first-order valence-corrected chi connectivity index (χ1v) is 12.0. The van der Waals surface area contributed by atoms with Crippen molar-refractivity contribution in [3.8, 4) is 0 Å². The van der Waals surface area contributed by atoms with E-state index in [4.69, 9.17) is 10.7 Å². The first-order valence-electron chi connectivity index (χ1n) is 12.0. The average Bonchev–Trinajstić information content (AvgIpc) is 2.74. The zero-order valence-electron chi connectivity index (χ0n) is 18.5. The molecule has 1 heterocycles. The zero-order valence-corrected chi connectivity index (χ0v) is 18.5. The fourth-order valence-corrected chi connectivity index (χ4v) is 4.01. The molecule has 0 aliphatic heterocycles. The van der Waals surface area contributed by atoms with Gasteiger partial charge in [-0.15, -0.1) is 0 Å². The van der Waals surface area contributed by atoms with Crippen molar-refractivity contribution in [2.45, 2.75) is 103 Å². The molecule has 4 nitrogen and oxygen atoms in total. The lowest BCUT2D eigenvalue weighted by atomic mass is 10.1. The number of para-hydroxylation sites is 1. The van der Waals surface area contributed by atoms with Crippen LogP contribution in [0, 0.1) is 0 Å². The molecule has 0 atom stereocenters. The van der Waals surface area contributed by atoms with E-state index in [1.807, 2.05) is 28.8 Å². The van der Waals surface area contributed by atoms with E-state index in [0.717, 1.165) is 42.5 Å². The Kier molecular flexibility index (Phi) is 11.7. The van der Waals surface area contributed by atoms with Crippen LogP contribution in [-0.4, -0.2) is 16.1 Å². The second-order valence-electron chi connectivity index (χ2n) is 8.28. The van der Waals surface area contributed by atoms with Crippen molar-refractivity contribution in [1.29, 1.82) is 0 Å². The first kappa shape index (κ1) is 23.6. The Morgan fingerprint density at radius 3 is 2.03 bits per heavy atom. The van der Waals surface area contributed by atoms with E-state index in [-0.39, 0.29) is 5.56 Å². The van der Waals surface area contributed by atoms with Crippen molar-refractivity contribution in [2.24, 2.45) is 5.73 Å². The number of benzene rings is 1.